The molecule has 1 aromatic carbocycles. The first kappa shape index (κ1) is 18.8. The van der Waals surface area contributed by atoms with Crippen molar-refractivity contribution in [2.24, 2.45) is 5.10 Å². The maximum Gasteiger partial charge on any atom is 0.338 e. The van der Waals surface area contributed by atoms with Gasteiger partial charge >= 0.3 is 5.97 Å². The Morgan fingerprint density at radius 3 is 2.63 bits per heavy atom. The number of esters is 1. The van der Waals surface area contributed by atoms with Crippen LogP contribution in [0.1, 0.15) is 30.6 Å². The molecule has 140 valence electrons. The van der Waals surface area contributed by atoms with Crippen LogP contribution in [0.3, 0.4) is 0 Å². The van der Waals surface area contributed by atoms with Crippen molar-refractivity contribution in [1.29, 1.82) is 0 Å². The molecule has 1 atom stereocenters. The molecule has 1 aliphatic heterocycles. The summed E-state index contributed by atoms with van der Waals surface area (Å²) in [5, 5.41) is 9.06. The van der Waals surface area contributed by atoms with E-state index < -0.39 is 18.0 Å². The highest BCUT2D eigenvalue weighted by Crippen LogP contribution is 2.21. The summed E-state index contributed by atoms with van der Waals surface area (Å²) in [5.41, 5.74) is 2.70. The second kappa shape index (κ2) is 8.18. The molecule has 0 radical (unpaired) electrons. The third-order valence-electron chi connectivity index (χ3n) is 4.05. The number of pyridine rings is 1. The Balaban J connectivity index is 1.59. The summed E-state index contributed by atoms with van der Waals surface area (Å²) in [5.74, 6) is -1.07. The zero-order chi connectivity index (χ0) is 19.4. The molecule has 1 aliphatic rings. The maximum atomic E-state index is 12.3. The number of rotatable bonds is 5. The van der Waals surface area contributed by atoms with Crippen molar-refractivity contribution >= 4 is 40.6 Å². The fourth-order valence-electron chi connectivity index (χ4n) is 2.53. The lowest BCUT2D eigenvalue weighted by Gasteiger charge is -2.15. The van der Waals surface area contributed by atoms with Crippen LogP contribution in [-0.2, 0) is 9.53 Å². The highest BCUT2D eigenvalue weighted by Gasteiger charge is 2.20. The minimum absolute atomic E-state index is 0.166. The van der Waals surface area contributed by atoms with E-state index in [1.807, 2.05) is 11.9 Å². The van der Waals surface area contributed by atoms with E-state index in [9.17, 15) is 9.59 Å². The molecular weight excluding hydrogens is 368 g/mol. The minimum atomic E-state index is -0.987. The number of ether oxygens (including phenoxy) is 1. The molecule has 2 aromatic rings. The Kier molecular flexibility index (Phi) is 5.71. The molecule has 1 N–H and O–H groups in total. The molecule has 0 spiro atoms. The van der Waals surface area contributed by atoms with Gasteiger partial charge in [0.15, 0.2) is 11.3 Å². The van der Waals surface area contributed by atoms with Crippen LogP contribution in [0.2, 0.25) is 5.15 Å². The normalized spacial score (nSPS) is 14.5. The molecule has 2 heterocycles. The van der Waals surface area contributed by atoms with E-state index in [1.165, 1.54) is 13.1 Å². The SMILES string of the molecule is CC1=NN(c2ccc(C(=O)OC(C)C(=O)Nc3cccnc3Cl)cc2)CC1. The van der Waals surface area contributed by atoms with Crippen molar-refractivity contribution in [3.63, 3.8) is 0 Å². The molecule has 1 unspecified atom stereocenters. The zero-order valence-electron chi connectivity index (χ0n) is 15.0. The third kappa shape index (κ3) is 4.62. The van der Waals surface area contributed by atoms with Gasteiger partial charge in [-0.2, -0.15) is 5.10 Å². The number of aromatic nitrogens is 1. The van der Waals surface area contributed by atoms with Crippen LogP contribution in [0, 0.1) is 0 Å². The molecule has 3 rings (SSSR count). The van der Waals surface area contributed by atoms with Crippen molar-refractivity contribution in [3.05, 3.63) is 53.3 Å². The zero-order valence-corrected chi connectivity index (χ0v) is 15.7. The Hall–Kier alpha value is -2.93. The van der Waals surface area contributed by atoms with Crippen molar-refractivity contribution in [2.75, 3.05) is 16.9 Å². The summed E-state index contributed by atoms with van der Waals surface area (Å²) in [6.45, 7) is 4.30. The fraction of sp³-hybridized carbons (Fsp3) is 0.263. The van der Waals surface area contributed by atoms with Gasteiger partial charge < -0.3 is 10.1 Å². The van der Waals surface area contributed by atoms with E-state index in [0.717, 1.165) is 24.4 Å². The van der Waals surface area contributed by atoms with E-state index in [4.69, 9.17) is 16.3 Å². The van der Waals surface area contributed by atoms with E-state index in [0.29, 0.717) is 11.3 Å². The first-order valence-corrected chi connectivity index (χ1v) is 8.86. The fourth-order valence-corrected chi connectivity index (χ4v) is 2.69. The monoisotopic (exact) mass is 386 g/mol. The minimum Gasteiger partial charge on any atom is -0.449 e. The van der Waals surface area contributed by atoms with Gasteiger partial charge in [0.25, 0.3) is 5.91 Å². The smallest absolute Gasteiger partial charge is 0.338 e. The van der Waals surface area contributed by atoms with Crippen LogP contribution in [0.4, 0.5) is 11.4 Å². The number of carbonyl (C=O) groups is 2. The number of benzene rings is 1. The first-order chi connectivity index (χ1) is 12.9. The molecule has 0 saturated heterocycles. The summed E-state index contributed by atoms with van der Waals surface area (Å²) >= 11 is 5.91. The largest absolute Gasteiger partial charge is 0.449 e. The number of halogens is 1. The lowest BCUT2D eigenvalue weighted by molar-refractivity contribution is -0.123. The predicted molar refractivity (Wildman–Crippen MR) is 104 cm³/mol. The Morgan fingerprint density at radius 1 is 1.26 bits per heavy atom. The van der Waals surface area contributed by atoms with Crippen molar-refractivity contribution in [2.45, 2.75) is 26.4 Å². The van der Waals surface area contributed by atoms with Crippen molar-refractivity contribution < 1.29 is 14.3 Å². The number of hydrogen-bond donors (Lipinski definition) is 1. The average molecular weight is 387 g/mol. The summed E-state index contributed by atoms with van der Waals surface area (Å²) in [7, 11) is 0. The van der Waals surface area contributed by atoms with Crippen molar-refractivity contribution in [3.8, 4) is 0 Å². The topological polar surface area (TPSA) is 83.9 Å². The summed E-state index contributed by atoms with van der Waals surface area (Å²) in [6.07, 6.45) is 1.45. The lowest BCUT2D eigenvalue weighted by Crippen LogP contribution is -2.30. The van der Waals surface area contributed by atoms with Crippen LogP contribution < -0.4 is 10.3 Å². The van der Waals surface area contributed by atoms with Crippen LogP contribution in [0.25, 0.3) is 0 Å². The molecule has 0 fully saturated rings. The number of carbonyl (C=O) groups excluding carboxylic acids is 2. The number of hydrazone groups is 1. The first-order valence-electron chi connectivity index (χ1n) is 8.48. The predicted octanol–water partition coefficient (Wildman–Crippen LogP) is 3.51. The van der Waals surface area contributed by atoms with Gasteiger partial charge in [0, 0.05) is 24.9 Å². The van der Waals surface area contributed by atoms with E-state index in [-0.39, 0.29) is 5.15 Å². The Bertz CT molecular complexity index is 883. The summed E-state index contributed by atoms with van der Waals surface area (Å²) in [4.78, 5) is 28.4. The highest BCUT2D eigenvalue weighted by atomic mass is 35.5. The van der Waals surface area contributed by atoms with Crippen LogP contribution >= 0.6 is 11.6 Å². The lowest BCUT2D eigenvalue weighted by atomic mass is 10.2. The van der Waals surface area contributed by atoms with Gasteiger partial charge in [0.05, 0.1) is 16.9 Å². The van der Waals surface area contributed by atoms with Gasteiger partial charge in [-0.25, -0.2) is 9.78 Å². The second-order valence-corrected chi connectivity index (χ2v) is 6.49. The molecule has 0 saturated carbocycles. The molecule has 7 nitrogen and oxygen atoms in total. The number of nitrogens with one attached hydrogen (secondary N) is 1. The number of nitrogens with zero attached hydrogens (tertiary/aromatic N) is 3. The third-order valence-corrected chi connectivity index (χ3v) is 4.35. The molecule has 1 aromatic heterocycles. The number of hydrogen-bond acceptors (Lipinski definition) is 6. The standard InChI is InChI=1S/C19H19ClN4O3/c1-12-9-11-24(23-12)15-7-5-14(6-8-15)19(26)27-13(2)18(25)22-16-4-3-10-21-17(16)20/h3-8,10,13H,9,11H2,1-2H3,(H,22,25). The van der Waals surface area contributed by atoms with Crippen molar-refractivity contribution in [1.82, 2.24) is 4.98 Å². The maximum absolute atomic E-state index is 12.3. The second-order valence-electron chi connectivity index (χ2n) is 6.13. The van der Waals surface area contributed by atoms with Gasteiger partial charge in [-0.05, 0) is 50.2 Å². The van der Waals surface area contributed by atoms with E-state index in [2.05, 4.69) is 15.4 Å². The van der Waals surface area contributed by atoms with Gasteiger partial charge in [0.1, 0.15) is 0 Å². The molecule has 0 aliphatic carbocycles. The summed E-state index contributed by atoms with van der Waals surface area (Å²) < 4.78 is 5.24. The molecule has 8 heteroatoms. The Labute approximate surface area is 162 Å². The average Bonchev–Trinajstić information content (AvgIpc) is 3.10. The Morgan fingerprint density at radius 2 is 2.00 bits per heavy atom. The quantitative estimate of drug-likeness (QED) is 0.628. The highest BCUT2D eigenvalue weighted by molar-refractivity contribution is 6.32. The molecule has 27 heavy (non-hydrogen) atoms. The van der Waals surface area contributed by atoms with Gasteiger partial charge in [-0.1, -0.05) is 11.6 Å². The number of anilines is 2. The molecular formula is C19H19ClN4O3. The van der Waals surface area contributed by atoms with Gasteiger partial charge in [0.2, 0.25) is 0 Å². The summed E-state index contributed by atoms with van der Waals surface area (Å²) in [6, 6.07) is 10.2. The molecule has 0 bridgehead atoms. The van der Waals surface area contributed by atoms with Crippen LogP contribution in [-0.4, -0.2) is 35.2 Å². The van der Waals surface area contributed by atoms with Crippen LogP contribution in [0.5, 0.6) is 0 Å². The number of amides is 1. The van der Waals surface area contributed by atoms with Crippen LogP contribution in [0.15, 0.2) is 47.7 Å². The van der Waals surface area contributed by atoms with Gasteiger partial charge in [-0.15, -0.1) is 0 Å². The van der Waals surface area contributed by atoms with E-state index >= 15 is 0 Å². The van der Waals surface area contributed by atoms with Gasteiger partial charge in [-0.3, -0.25) is 9.80 Å². The molecule has 1 amide bonds. The van der Waals surface area contributed by atoms with E-state index in [1.54, 1.807) is 36.4 Å².